The number of aliphatic hydroxyl groups excluding tert-OH is 2. The molecule has 0 aromatic carbocycles. The quantitative estimate of drug-likeness (QED) is 0.555. The first-order valence-electron chi connectivity index (χ1n) is 13.5. The summed E-state index contributed by atoms with van der Waals surface area (Å²) in [6.45, 7) is 13.0. The van der Waals surface area contributed by atoms with E-state index < -0.39 is 0 Å². The summed E-state index contributed by atoms with van der Waals surface area (Å²) < 4.78 is 0. The summed E-state index contributed by atoms with van der Waals surface area (Å²) in [5.74, 6) is 6.06. The first-order chi connectivity index (χ1) is 14.2. The predicted molar refractivity (Wildman–Crippen MR) is 123 cm³/mol. The molecule has 0 aliphatic heterocycles. The second-order valence-electron chi connectivity index (χ2n) is 13.6. The standard InChI is InChI=1S/C28H48O2/c1-17(2)19-8-14-28(16-29)15-10-22-20(25(19)28)6-7-24-26(4)13-11-23(30)18(3)21(26)9-12-27(22,24)5/h17-25,29-30H,6-16H2,1-5H3/t18-,19+,20?,21?,22?,23?,24?,25?,26+,27+,28?/m1/s1. The van der Waals surface area contributed by atoms with E-state index in [9.17, 15) is 10.2 Å². The van der Waals surface area contributed by atoms with Crippen molar-refractivity contribution in [3.8, 4) is 0 Å². The summed E-state index contributed by atoms with van der Waals surface area (Å²) in [5, 5.41) is 21.2. The number of hydrogen-bond donors (Lipinski definition) is 2. The molecule has 2 nitrogen and oxygen atoms in total. The van der Waals surface area contributed by atoms with Crippen LogP contribution in [0, 0.1) is 63.6 Å². The highest BCUT2D eigenvalue weighted by Gasteiger charge is 2.65. The highest BCUT2D eigenvalue weighted by molar-refractivity contribution is 5.14. The lowest BCUT2D eigenvalue weighted by atomic mass is 9.37. The lowest BCUT2D eigenvalue weighted by Gasteiger charge is -2.68. The lowest BCUT2D eigenvalue weighted by Crippen LogP contribution is -2.61. The lowest BCUT2D eigenvalue weighted by molar-refractivity contribution is -0.201. The molecular weight excluding hydrogens is 368 g/mol. The molecule has 0 aromatic heterocycles. The molecule has 30 heavy (non-hydrogen) atoms. The first kappa shape index (κ1) is 21.7. The van der Waals surface area contributed by atoms with E-state index >= 15 is 0 Å². The molecule has 0 aromatic rings. The molecule has 0 amide bonds. The highest BCUT2D eigenvalue weighted by atomic mass is 16.3. The fourth-order valence-electron chi connectivity index (χ4n) is 11.1. The zero-order valence-corrected chi connectivity index (χ0v) is 20.4. The number of rotatable bonds is 2. The third-order valence-corrected chi connectivity index (χ3v) is 12.5. The van der Waals surface area contributed by atoms with Crippen LogP contribution in [-0.2, 0) is 0 Å². The normalized spacial score (nSPS) is 58.0. The number of hydrogen-bond acceptors (Lipinski definition) is 2. The van der Waals surface area contributed by atoms with Gasteiger partial charge < -0.3 is 10.2 Å². The minimum absolute atomic E-state index is 0.0751. The minimum Gasteiger partial charge on any atom is -0.396 e. The van der Waals surface area contributed by atoms with E-state index in [4.69, 9.17) is 0 Å². The van der Waals surface area contributed by atoms with Gasteiger partial charge in [-0.3, -0.25) is 0 Å². The maximum Gasteiger partial charge on any atom is 0.0568 e. The summed E-state index contributed by atoms with van der Waals surface area (Å²) in [5.41, 5.74) is 1.14. The third kappa shape index (κ3) is 2.74. The van der Waals surface area contributed by atoms with Gasteiger partial charge >= 0.3 is 0 Å². The topological polar surface area (TPSA) is 40.5 Å². The van der Waals surface area contributed by atoms with Crippen LogP contribution in [0.15, 0.2) is 0 Å². The van der Waals surface area contributed by atoms with E-state index in [2.05, 4.69) is 34.6 Å². The van der Waals surface area contributed by atoms with E-state index in [0.717, 1.165) is 41.9 Å². The van der Waals surface area contributed by atoms with Crippen LogP contribution in [0.2, 0.25) is 0 Å². The molecule has 5 rings (SSSR count). The van der Waals surface area contributed by atoms with Gasteiger partial charge in [-0.15, -0.1) is 0 Å². The average Bonchev–Trinajstić information content (AvgIpc) is 3.12. The van der Waals surface area contributed by atoms with E-state index in [1.807, 2.05) is 0 Å². The Kier molecular flexibility index (Phi) is 5.23. The summed E-state index contributed by atoms with van der Waals surface area (Å²) in [6, 6.07) is 0. The van der Waals surface area contributed by atoms with Gasteiger partial charge in [0, 0.05) is 6.61 Å². The Balaban J connectivity index is 1.48. The maximum absolute atomic E-state index is 10.6. The van der Waals surface area contributed by atoms with Crippen LogP contribution < -0.4 is 0 Å². The van der Waals surface area contributed by atoms with Gasteiger partial charge in [0.1, 0.15) is 0 Å². The Morgan fingerprint density at radius 1 is 0.833 bits per heavy atom. The van der Waals surface area contributed by atoms with Crippen LogP contribution in [-0.4, -0.2) is 22.9 Å². The van der Waals surface area contributed by atoms with Crippen molar-refractivity contribution in [2.45, 2.75) is 105 Å². The van der Waals surface area contributed by atoms with Crippen molar-refractivity contribution in [1.82, 2.24) is 0 Å². The van der Waals surface area contributed by atoms with E-state index in [-0.39, 0.29) is 11.5 Å². The van der Waals surface area contributed by atoms with Crippen LogP contribution in [0.4, 0.5) is 0 Å². The monoisotopic (exact) mass is 416 g/mol. The van der Waals surface area contributed by atoms with Crippen molar-refractivity contribution < 1.29 is 10.2 Å². The van der Waals surface area contributed by atoms with Crippen molar-refractivity contribution in [2.75, 3.05) is 6.61 Å². The molecule has 2 heteroatoms. The molecule has 7 unspecified atom stereocenters. The molecule has 172 valence electrons. The maximum atomic E-state index is 10.6. The van der Waals surface area contributed by atoms with Gasteiger partial charge in [-0.05, 0) is 128 Å². The largest absolute Gasteiger partial charge is 0.396 e. The number of aliphatic hydroxyl groups is 2. The molecule has 5 saturated carbocycles. The Morgan fingerprint density at radius 2 is 1.47 bits per heavy atom. The predicted octanol–water partition coefficient (Wildman–Crippen LogP) is 6.30. The van der Waals surface area contributed by atoms with Gasteiger partial charge in [0.15, 0.2) is 0 Å². The molecule has 0 radical (unpaired) electrons. The molecule has 0 bridgehead atoms. The van der Waals surface area contributed by atoms with Gasteiger partial charge in [0.2, 0.25) is 0 Å². The average molecular weight is 417 g/mol. The molecule has 5 aliphatic rings. The SMILES string of the molecule is CC(C)[C@@H]1CCC2(CO)CCC3C(CCC4[C@@]3(C)CCC3[C@@H](C)C(O)CC[C@@]34C)C12. The number of fused-ring (bicyclic) bond motifs is 7. The molecular formula is C28H48O2. The first-order valence-corrected chi connectivity index (χ1v) is 13.5. The van der Waals surface area contributed by atoms with Gasteiger partial charge in [0.05, 0.1) is 6.10 Å². The van der Waals surface area contributed by atoms with E-state index in [0.29, 0.717) is 29.3 Å². The molecule has 5 fully saturated rings. The van der Waals surface area contributed by atoms with Gasteiger partial charge in [-0.1, -0.05) is 34.6 Å². The van der Waals surface area contributed by atoms with Crippen LogP contribution in [0.1, 0.15) is 98.8 Å². The third-order valence-electron chi connectivity index (χ3n) is 12.5. The van der Waals surface area contributed by atoms with Crippen LogP contribution in [0.25, 0.3) is 0 Å². The molecule has 11 atom stereocenters. The molecule has 5 aliphatic carbocycles. The molecule has 0 heterocycles. The summed E-state index contributed by atoms with van der Waals surface area (Å²) in [7, 11) is 0. The zero-order valence-electron chi connectivity index (χ0n) is 20.4. The van der Waals surface area contributed by atoms with Gasteiger partial charge in [0.25, 0.3) is 0 Å². The van der Waals surface area contributed by atoms with Crippen LogP contribution in [0.3, 0.4) is 0 Å². The summed E-state index contributed by atoms with van der Waals surface area (Å²) in [6.07, 6.45) is 12.9. The zero-order chi connectivity index (χ0) is 21.5. The van der Waals surface area contributed by atoms with Crippen LogP contribution in [0.5, 0.6) is 0 Å². The smallest absolute Gasteiger partial charge is 0.0568 e. The van der Waals surface area contributed by atoms with E-state index in [1.165, 1.54) is 57.8 Å². The fraction of sp³-hybridized carbons (Fsp3) is 1.00. The highest BCUT2D eigenvalue weighted by Crippen LogP contribution is 2.72. The minimum atomic E-state index is -0.0751. The van der Waals surface area contributed by atoms with Crippen molar-refractivity contribution in [3.05, 3.63) is 0 Å². The molecule has 2 N–H and O–H groups in total. The Bertz CT molecular complexity index is 659. The van der Waals surface area contributed by atoms with Gasteiger partial charge in [-0.25, -0.2) is 0 Å². The second kappa shape index (κ2) is 7.21. The fourth-order valence-corrected chi connectivity index (χ4v) is 11.1. The van der Waals surface area contributed by atoms with Gasteiger partial charge in [-0.2, -0.15) is 0 Å². The van der Waals surface area contributed by atoms with Crippen molar-refractivity contribution in [1.29, 1.82) is 0 Å². The second-order valence-corrected chi connectivity index (χ2v) is 13.6. The molecule has 0 saturated heterocycles. The van der Waals surface area contributed by atoms with Crippen LogP contribution >= 0.6 is 0 Å². The van der Waals surface area contributed by atoms with Crippen molar-refractivity contribution >= 4 is 0 Å². The Labute approximate surface area is 185 Å². The Hall–Kier alpha value is -0.0800. The summed E-state index contributed by atoms with van der Waals surface area (Å²) in [4.78, 5) is 0. The Morgan fingerprint density at radius 3 is 2.17 bits per heavy atom. The molecule has 0 spiro atoms. The van der Waals surface area contributed by atoms with E-state index in [1.54, 1.807) is 0 Å². The van der Waals surface area contributed by atoms with Crippen molar-refractivity contribution in [2.24, 2.45) is 63.6 Å². The van der Waals surface area contributed by atoms with Crippen molar-refractivity contribution in [3.63, 3.8) is 0 Å². The summed E-state index contributed by atoms with van der Waals surface area (Å²) >= 11 is 0.